The third-order valence-corrected chi connectivity index (χ3v) is 5.76. The van der Waals surface area contributed by atoms with Crippen LogP contribution in [0.25, 0.3) is 0 Å². The third-order valence-electron chi connectivity index (χ3n) is 3.56. The number of carbonyl (C=O) groups excluding carboxylic acids is 1. The number of carbonyl (C=O) groups is 1. The summed E-state index contributed by atoms with van der Waals surface area (Å²) in [6, 6.07) is 4.91. The SMILES string of the molecule is CCN(CC)S(=O)(=O)c1cc(NC(=O)CNCCOC)ccc1C. The Kier molecular flexibility index (Phi) is 8.34. The van der Waals surface area contributed by atoms with Crippen molar-refractivity contribution >= 4 is 21.6 Å². The molecule has 0 saturated carbocycles. The summed E-state index contributed by atoms with van der Waals surface area (Å²) in [6.07, 6.45) is 0. The molecule has 0 unspecified atom stereocenters. The van der Waals surface area contributed by atoms with Crippen LogP contribution in [0.4, 0.5) is 5.69 Å². The topological polar surface area (TPSA) is 87.7 Å². The maximum atomic E-state index is 12.7. The molecule has 1 amide bonds. The first-order valence-electron chi connectivity index (χ1n) is 7.97. The number of nitrogens with zero attached hydrogens (tertiary/aromatic N) is 1. The largest absolute Gasteiger partial charge is 0.383 e. The molecule has 136 valence electrons. The van der Waals surface area contributed by atoms with E-state index in [-0.39, 0.29) is 17.3 Å². The highest BCUT2D eigenvalue weighted by atomic mass is 32.2. The van der Waals surface area contributed by atoms with E-state index in [1.165, 1.54) is 10.4 Å². The summed E-state index contributed by atoms with van der Waals surface area (Å²) in [5.41, 5.74) is 1.11. The van der Waals surface area contributed by atoms with E-state index in [0.29, 0.717) is 37.5 Å². The molecule has 2 N–H and O–H groups in total. The van der Waals surface area contributed by atoms with Gasteiger partial charge in [-0.15, -0.1) is 0 Å². The number of benzene rings is 1. The number of anilines is 1. The summed E-state index contributed by atoms with van der Waals surface area (Å²) in [6.45, 7) is 7.37. The predicted octanol–water partition coefficient (Wildman–Crippen LogP) is 1.20. The van der Waals surface area contributed by atoms with Crippen LogP contribution < -0.4 is 10.6 Å². The molecule has 0 atom stereocenters. The van der Waals surface area contributed by atoms with E-state index >= 15 is 0 Å². The van der Waals surface area contributed by atoms with Gasteiger partial charge in [0.2, 0.25) is 15.9 Å². The average Bonchev–Trinajstić information content (AvgIpc) is 2.54. The average molecular weight is 357 g/mol. The van der Waals surface area contributed by atoms with E-state index in [2.05, 4.69) is 10.6 Å². The van der Waals surface area contributed by atoms with Gasteiger partial charge in [0.1, 0.15) is 0 Å². The molecule has 0 aliphatic rings. The van der Waals surface area contributed by atoms with Gasteiger partial charge in [-0.3, -0.25) is 4.79 Å². The summed E-state index contributed by atoms with van der Waals surface area (Å²) in [5.74, 6) is -0.235. The fourth-order valence-electron chi connectivity index (χ4n) is 2.24. The van der Waals surface area contributed by atoms with Gasteiger partial charge in [-0.05, 0) is 24.6 Å². The summed E-state index contributed by atoms with van der Waals surface area (Å²) < 4.78 is 31.7. The molecule has 8 heteroatoms. The number of ether oxygens (including phenoxy) is 1. The van der Waals surface area contributed by atoms with Crippen LogP contribution in [0, 0.1) is 6.92 Å². The Labute approximate surface area is 144 Å². The van der Waals surface area contributed by atoms with Gasteiger partial charge >= 0.3 is 0 Å². The number of amides is 1. The number of hydrogen-bond acceptors (Lipinski definition) is 5. The lowest BCUT2D eigenvalue weighted by Crippen LogP contribution is -2.32. The van der Waals surface area contributed by atoms with Crippen LogP contribution in [0.5, 0.6) is 0 Å². The third kappa shape index (κ3) is 5.55. The van der Waals surface area contributed by atoms with E-state index in [4.69, 9.17) is 4.74 Å². The van der Waals surface area contributed by atoms with Crippen molar-refractivity contribution in [3.63, 3.8) is 0 Å². The van der Waals surface area contributed by atoms with Gasteiger partial charge in [0.15, 0.2) is 0 Å². The smallest absolute Gasteiger partial charge is 0.243 e. The number of rotatable bonds is 10. The lowest BCUT2D eigenvalue weighted by molar-refractivity contribution is -0.115. The van der Waals surface area contributed by atoms with Crippen molar-refractivity contribution in [2.75, 3.05) is 45.2 Å². The molecule has 0 aromatic heterocycles. The summed E-state index contributed by atoms with van der Waals surface area (Å²) in [5, 5.41) is 5.64. The standard InChI is InChI=1S/C16H27N3O4S/c1-5-19(6-2)24(21,22)15-11-14(8-7-13(15)3)18-16(20)12-17-9-10-23-4/h7-8,11,17H,5-6,9-10,12H2,1-4H3,(H,18,20). The monoisotopic (exact) mass is 357 g/mol. The fraction of sp³-hybridized carbons (Fsp3) is 0.562. The number of nitrogens with one attached hydrogen (secondary N) is 2. The number of aryl methyl sites for hydroxylation is 1. The second kappa shape index (κ2) is 9.73. The highest BCUT2D eigenvalue weighted by Crippen LogP contribution is 2.23. The fourth-order valence-corrected chi connectivity index (χ4v) is 3.95. The minimum absolute atomic E-state index is 0.134. The first-order valence-corrected chi connectivity index (χ1v) is 9.41. The van der Waals surface area contributed by atoms with Gasteiger partial charge < -0.3 is 15.4 Å². The van der Waals surface area contributed by atoms with Gasteiger partial charge in [0.05, 0.1) is 18.0 Å². The molecule has 0 aliphatic heterocycles. The molecule has 0 aliphatic carbocycles. The molecule has 7 nitrogen and oxygen atoms in total. The maximum absolute atomic E-state index is 12.7. The quantitative estimate of drug-likeness (QED) is 0.615. The lowest BCUT2D eigenvalue weighted by Gasteiger charge is -2.20. The van der Waals surface area contributed by atoms with Crippen molar-refractivity contribution < 1.29 is 17.9 Å². The van der Waals surface area contributed by atoms with E-state index in [0.717, 1.165) is 0 Å². The van der Waals surface area contributed by atoms with Crippen LogP contribution in [0.1, 0.15) is 19.4 Å². The molecular formula is C16H27N3O4S. The molecule has 1 aromatic carbocycles. The van der Waals surface area contributed by atoms with E-state index in [1.54, 1.807) is 40.0 Å². The van der Waals surface area contributed by atoms with Crippen LogP contribution in [0.2, 0.25) is 0 Å². The van der Waals surface area contributed by atoms with Crippen LogP contribution in [0.15, 0.2) is 23.1 Å². The molecule has 1 aromatic rings. The number of methoxy groups -OCH3 is 1. The normalized spacial score (nSPS) is 11.7. The molecule has 0 heterocycles. The van der Waals surface area contributed by atoms with Crippen molar-refractivity contribution in [2.45, 2.75) is 25.7 Å². The van der Waals surface area contributed by atoms with Crippen LogP contribution in [-0.4, -0.2) is 58.5 Å². The predicted molar refractivity (Wildman–Crippen MR) is 94.7 cm³/mol. The molecule has 0 saturated heterocycles. The Morgan fingerprint density at radius 2 is 1.92 bits per heavy atom. The van der Waals surface area contributed by atoms with Crippen LogP contribution in [-0.2, 0) is 19.6 Å². The van der Waals surface area contributed by atoms with Crippen molar-refractivity contribution in [1.82, 2.24) is 9.62 Å². The zero-order chi connectivity index (χ0) is 18.2. The van der Waals surface area contributed by atoms with E-state index < -0.39 is 10.0 Å². The molecule has 0 spiro atoms. The highest BCUT2D eigenvalue weighted by Gasteiger charge is 2.24. The first-order chi connectivity index (χ1) is 11.4. The second-order valence-electron chi connectivity index (χ2n) is 5.29. The molecule has 0 radical (unpaired) electrons. The van der Waals surface area contributed by atoms with Gasteiger partial charge in [-0.2, -0.15) is 4.31 Å². The van der Waals surface area contributed by atoms with Crippen LogP contribution >= 0.6 is 0 Å². The number of hydrogen-bond donors (Lipinski definition) is 2. The van der Waals surface area contributed by atoms with E-state index in [9.17, 15) is 13.2 Å². The minimum Gasteiger partial charge on any atom is -0.383 e. The van der Waals surface area contributed by atoms with Crippen molar-refractivity contribution in [3.8, 4) is 0 Å². The van der Waals surface area contributed by atoms with Gasteiger partial charge in [-0.25, -0.2) is 8.42 Å². The zero-order valence-corrected chi connectivity index (χ0v) is 15.6. The van der Waals surface area contributed by atoms with Gasteiger partial charge in [0, 0.05) is 32.4 Å². The lowest BCUT2D eigenvalue weighted by atomic mass is 10.2. The molecule has 24 heavy (non-hydrogen) atoms. The molecule has 0 fully saturated rings. The molecule has 0 bridgehead atoms. The van der Waals surface area contributed by atoms with Gasteiger partial charge in [-0.1, -0.05) is 19.9 Å². The second-order valence-corrected chi connectivity index (χ2v) is 7.19. The Hall–Kier alpha value is -1.48. The summed E-state index contributed by atoms with van der Waals surface area (Å²) >= 11 is 0. The molecule has 1 rings (SSSR count). The minimum atomic E-state index is -3.56. The van der Waals surface area contributed by atoms with E-state index in [1.807, 2.05) is 0 Å². The molecular weight excluding hydrogens is 330 g/mol. The Morgan fingerprint density at radius 3 is 2.50 bits per heavy atom. The Balaban J connectivity index is 2.88. The van der Waals surface area contributed by atoms with Crippen molar-refractivity contribution in [3.05, 3.63) is 23.8 Å². The van der Waals surface area contributed by atoms with Crippen molar-refractivity contribution in [2.24, 2.45) is 0 Å². The van der Waals surface area contributed by atoms with Crippen molar-refractivity contribution in [1.29, 1.82) is 0 Å². The Morgan fingerprint density at radius 1 is 1.25 bits per heavy atom. The highest BCUT2D eigenvalue weighted by molar-refractivity contribution is 7.89. The van der Waals surface area contributed by atoms with Crippen LogP contribution in [0.3, 0.4) is 0 Å². The van der Waals surface area contributed by atoms with Gasteiger partial charge in [0.25, 0.3) is 0 Å². The zero-order valence-electron chi connectivity index (χ0n) is 14.8. The number of sulfonamides is 1. The Bertz CT molecular complexity index is 643. The summed E-state index contributed by atoms with van der Waals surface area (Å²) in [7, 11) is -1.98. The summed E-state index contributed by atoms with van der Waals surface area (Å²) in [4.78, 5) is 12.1. The first kappa shape index (κ1) is 20.6. The maximum Gasteiger partial charge on any atom is 0.243 e.